The SMILES string of the molecule is Nc1ccc(Cl)c(F)c1C1=CC(=O)N2C(CC[C@H]2C(=O)OCC(=O)c2ccc3c(c2F)COC(=O)N3)C1. The summed E-state index contributed by atoms with van der Waals surface area (Å²) in [5.41, 5.74) is 6.40. The zero-order valence-electron chi connectivity index (χ0n) is 19.2. The maximum atomic E-state index is 14.8. The molecule has 3 aliphatic rings. The van der Waals surface area contributed by atoms with E-state index < -0.39 is 54.1 Å². The van der Waals surface area contributed by atoms with Gasteiger partial charge in [0, 0.05) is 28.9 Å². The maximum Gasteiger partial charge on any atom is 0.411 e. The van der Waals surface area contributed by atoms with Crippen LogP contribution in [0.1, 0.15) is 40.7 Å². The second-order valence-corrected chi connectivity index (χ2v) is 9.28. The molecule has 2 aromatic rings. The predicted molar refractivity (Wildman–Crippen MR) is 128 cm³/mol. The Morgan fingerprint density at radius 3 is 2.73 bits per heavy atom. The van der Waals surface area contributed by atoms with E-state index in [-0.39, 0.29) is 52.5 Å². The molecule has 37 heavy (non-hydrogen) atoms. The lowest BCUT2D eigenvalue weighted by Gasteiger charge is -2.33. The smallest absolute Gasteiger partial charge is 0.411 e. The molecule has 192 valence electrons. The van der Waals surface area contributed by atoms with Crippen molar-refractivity contribution in [2.45, 2.75) is 38.0 Å². The molecule has 3 aliphatic heterocycles. The van der Waals surface area contributed by atoms with Crippen LogP contribution < -0.4 is 11.1 Å². The minimum Gasteiger partial charge on any atom is -0.456 e. The van der Waals surface area contributed by atoms with Crippen LogP contribution in [0.25, 0.3) is 5.57 Å². The van der Waals surface area contributed by atoms with E-state index in [4.69, 9.17) is 26.8 Å². The lowest BCUT2D eigenvalue weighted by atomic mass is 9.92. The topological polar surface area (TPSA) is 128 Å². The molecule has 1 unspecified atom stereocenters. The second-order valence-electron chi connectivity index (χ2n) is 8.88. The number of cyclic esters (lactones) is 1. The number of carbonyl (C=O) groups is 4. The van der Waals surface area contributed by atoms with Crippen LogP contribution in [0.5, 0.6) is 0 Å². The molecule has 1 fully saturated rings. The van der Waals surface area contributed by atoms with Crippen molar-refractivity contribution >= 4 is 52.3 Å². The summed E-state index contributed by atoms with van der Waals surface area (Å²) in [6, 6.07) is 3.99. The van der Waals surface area contributed by atoms with Crippen LogP contribution in [0, 0.1) is 11.6 Å². The van der Waals surface area contributed by atoms with E-state index in [2.05, 4.69) is 5.32 Å². The molecule has 0 bridgehead atoms. The normalized spacial score (nSPS) is 20.4. The van der Waals surface area contributed by atoms with Gasteiger partial charge >= 0.3 is 12.1 Å². The van der Waals surface area contributed by atoms with Crippen LogP contribution in [0.4, 0.5) is 25.0 Å². The molecule has 2 atom stereocenters. The quantitative estimate of drug-likeness (QED) is 0.341. The van der Waals surface area contributed by atoms with Crippen LogP contribution in [-0.2, 0) is 25.7 Å². The average molecular weight is 532 g/mol. The number of nitrogen functional groups attached to an aromatic ring is 1. The molecule has 0 aliphatic carbocycles. The number of Topliss-reactive ketones (excluding diaryl/α,β-unsaturated/α-hetero) is 1. The number of anilines is 2. The molecule has 1 saturated heterocycles. The van der Waals surface area contributed by atoms with Crippen LogP contribution in [0.3, 0.4) is 0 Å². The monoisotopic (exact) mass is 531 g/mol. The van der Waals surface area contributed by atoms with Gasteiger partial charge in [-0.25, -0.2) is 18.4 Å². The number of ketones is 1. The molecule has 0 saturated carbocycles. The Balaban J connectivity index is 1.27. The van der Waals surface area contributed by atoms with Crippen LogP contribution in [0.15, 0.2) is 30.3 Å². The molecule has 0 radical (unpaired) electrons. The highest BCUT2D eigenvalue weighted by Gasteiger charge is 2.44. The van der Waals surface area contributed by atoms with Gasteiger partial charge in [0.25, 0.3) is 0 Å². The summed E-state index contributed by atoms with van der Waals surface area (Å²) in [6.45, 7) is -1.08. The molecule has 12 heteroatoms. The Morgan fingerprint density at radius 1 is 1.16 bits per heavy atom. The third kappa shape index (κ3) is 4.39. The van der Waals surface area contributed by atoms with Crippen molar-refractivity contribution in [2.75, 3.05) is 17.7 Å². The third-order valence-electron chi connectivity index (χ3n) is 6.70. The highest BCUT2D eigenvalue weighted by Crippen LogP contribution is 2.40. The molecular weight excluding hydrogens is 512 g/mol. The minimum absolute atomic E-state index is 0.00805. The minimum atomic E-state index is -0.943. The van der Waals surface area contributed by atoms with Gasteiger partial charge in [0.1, 0.15) is 18.5 Å². The Morgan fingerprint density at radius 2 is 1.95 bits per heavy atom. The molecule has 9 nitrogen and oxygen atoms in total. The van der Waals surface area contributed by atoms with Crippen molar-refractivity contribution in [3.05, 3.63) is 63.7 Å². The Labute approximate surface area is 214 Å². The number of esters is 1. The summed E-state index contributed by atoms with van der Waals surface area (Å²) >= 11 is 5.88. The first-order chi connectivity index (χ1) is 17.7. The van der Waals surface area contributed by atoms with E-state index in [1.165, 1.54) is 35.2 Å². The lowest BCUT2D eigenvalue weighted by Crippen LogP contribution is -2.47. The van der Waals surface area contributed by atoms with E-state index in [9.17, 15) is 28.0 Å². The lowest BCUT2D eigenvalue weighted by molar-refractivity contribution is -0.152. The molecule has 3 N–H and O–H groups in total. The van der Waals surface area contributed by atoms with Gasteiger partial charge in [-0.1, -0.05) is 11.6 Å². The number of rotatable bonds is 5. The summed E-state index contributed by atoms with van der Waals surface area (Å²) in [5.74, 6) is -3.71. The van der Waals surface area contributed by atoms with Crippen molar-refractivity contribution in [3.63, 3.8) is 0 Å². The number of hydrogen-bond donors (Lipinski definition) is 2. The largest absolute Gasteiger partial charge is 0.456 e. The number of hydrogen-bond acceptors (Lipinski definition) is 7. The number of amides is 2. The number of carbonyl (C=O) groups excluding carboxylic acids is 4. The van der Waals surface area contributed by atoms with E-state index in [0.717, 1.165) is 0 Å². The van der Waals surface area contributed by atoms with E-state index >= 15 is 0 Å². The van der Waals surface area contributed by atoms with Gasteiger partial charge in [-0.2, -0.15) is 0 Å². The second kappa shape index (κ2) is 9.47. The van der Waals surface area contributed by atoms with Crippen molar-refractivity contribution in [3.8, 4) is 0 Å². The Hall–Kier alpha value is -3.99. The van der Waals surface area contributed by atoms with Crippen LogP contribution in [0.2, 0.25) is 5.02 Å². The Bertz CT molecular complexity index is 1390. The fourth-order valence-corrected chi connectivity index (χ4v) is 5.10. The highest BCUT2D eigenvalue weighted by molar-refractivity contribution is 6.31. The number of nitrogens with zero attached hydrogens (tertiary/aromatic N) is 1. The summed E-state index contributed by atoms with van der Waals surface area (Å²) in [5, 5.41) is 2.21. The van der Waals surface area contributed by atoms with Gasteiger partial charge in [0.15, 0.2) is 12.4 Å². The van der Waals surface area contributed by atoms with Gasteiger partial charge < -0.3 is 20.1 Å². The first-order valence-electron chi connectivity index (χ1n) is 11.4. The molecule has 5 rings (SSSR count). The standard InChI is InChI=1S/C25H20ClF2N3O6/c26-15-3-4-16(29)21(23(15)28)11-7-12-1-6-18(31(12)20(33)8-11)24(34)36-10-19(32)13-2-5-17-14(22(13)27)9-37-25(35)30-17/h2-5,8,12,18H,1,6-7,9-10,29H2,(H,30,35)/t12?,18-/m0/s1. The van der Waals surface area contributed by atoms with Gasteiger partial charge in [-0.05, 0) is 49.1 Å². The number of halogens is 3. The van der Waals surface area contributed by atoms with Crippen molar-refractivity contribution < 1.29 is 37.4 Å². The molecule has 2 amide bonds. The highest BCUT2D eigenvalue weighted by atomic mass is 35.5. The predicted octanol–water partition coefficient (Wildman–Crippen LogP) is 3.84. The number of benzene rings is 2. The summed E-state index contributed by atoms with van der Waals surface area (Å²) < 4.78 is 39.3. The first kappa shape index (κ1) is 24.7. The van der Waals surface area contributed by atoms with Gasteiger partial charge in [-0.3, -0.25) is 14.9 Å². The number of nitrogens with one attached hydrogen (secondary N) is 1. The van der Waals surface area contributed by atoms with Gasteiger partial charge in [0.2, 0.25) is 11.7 Å². The summed E-state index contributed by atoms with van der Waals surface area (Å²) in [6.07, 6.45) is 1.48. The van der Waals surface area contributed by atoms with Crippen LogP contribution in [-0.4, -0.2) is 47.3 Å². The van der Waals surface area contributed by atoms with Crippen molar-refractivity contribution in [2.24, 2.45) is 0 Å². The fourth-order valence-electron chi connectivity index (χ4n) is 4.94. The van der Waals surface area contributed by atoms with Gasteiger partial charge in [0.05, 0.1) is 16.3 Å². The van der Waals surface area contributed by atoms with Crippen LogP contribution >= 0.6 is 11.6 Å². The number of ether oxygens (including phenoxy) is 2. The summed E-state index contributed by atoms with van der Waals surface area (Å²) in [4.78, 5) is 50.9. The summed E-state index contributed by atoms with van der Waals surface area (Å²) in [7, 11) is 0. The average Bonchev–Trinajstić information content (AvgIpc) is 3.30. The van der Waals surface area contributed by atoms with E-state index in [0.29, 0.717) is 12.0 Å². The number of fused-ring (bicyclic) bond motifs is 2. The van der Waals surface area contributed by atoms with Gasteiger partial charge in [-0.15, -0.1) is 0 Å². The van der Waals surface area contributed by atoms with Crippen molar-refractivity contribution in [1.29, 1.82) is 0 Å². The maximum absolute atomic E-state index is 14.8. The first-order valence-corrected chi connectivity index (χ1v) is 11.7. The third-order valence-corrected chi connectivity index (χ3v) is 7.00. The fraction of sp³-hybridized carbons (Fsp3) is 0.280. The molecule has 2 aromatic carbocycles. The zero-order valence-corrected chi connectivity index (χ0v) is 19.9. The Kier molecular flexibility index (Phi) is 6.32. The van der Waals surface area contributed by atoms with E-state index in [1.807, 2.05) is 0 Å². The molecule has 3 heterocycles. The molecule has 0 aromatic heterocycles. The number of nitrogens with two attached hydrogens (primary N) is 1. The zero-order chi connectivity index (χ0) is 26.4. The molecule has 0 spiro atoms. The van der Waals surface area contributed by atoms with E-state index in [1.54, 1.807) is 0 Å². The molecular formula is C25H20ClF2N3O6. The van der Waals surface area contributed by atoms with Crippen molar-refractivity contribution in [1.82, 2.24) is 4.90 Å².